The van der Waals surface area contributed by atoms with Gasteiger partial charge in [-0.2, -0.15) is 11.8 Å². The Bertz CT molecular complexity index is 438. The number of hydrogen-bond donors (Lipinski definition) is 2. The molecule has 0 spiro atoms. The van der Waals surface area contributed by atoms with Crippen molar-refractivity contribution in [3.8, 4) is 0 Å². The third kappa shape index (κ3) is 3.29. The molecule has 5 nitrogen and oxygen atoms in total. The first-order chi connectivity index (χ1) is 8.66. The summed E-state index contributed by atoms with van der Waals surface area (Å²) in [7, 11) is 0. The van der Waals surface area contributed by atoms with Crippen LogP contribution in [0.4, 0.5) is 0 Å². The number of aliphatic carboxylic acids is 1. The van der Waals surface area contributed by atoms with E-state index in [1.807, 2.05) is 11.8 Å². The maximum Gasteiger partial charge on any atom is 0.323 e. The van der Waals surface area contributed by atoms with Gasteiger partial charge in [0.2, 0.25) is 0 Å². The van der Waals surface area contributed by atoms with Crippen LogP contribution >= 0.6 is 11.8 Å². The van der Waals surface area contributed by atoms with Crippen LogP contribution in [0, 0.1) is 0 Å². The number of carbonyl (C=O) groups is 2. The highest BCUT2D eigenvalue weighted by atomic mass is 32.2. The highest BCUT2D eigenvalue weighted by molar-refractivity contribution is 7.99. The van der Waals surface area contributed by atoms with Gasteiger partial charge in [-0.1, -0.05) is 0 Å². The highest BCUT2D eigenvalue weighted by Crippen LogP contribution is 2.17. The first-order valence-corrected chi connectivity index (χ1v) is 7.08. The fourth-order valence-corrected chi connectivity index (χ4v) is 3.09. The number of aromatic nitrogens is 1. The second-order valence-electron chi connectivity index (χ2n) is 4.30. The van der Waals surface area contributed by atoms with Gasteiger partial charge in [-0.15, -0.1) is 0 Å². The number of thioether (sulfide) groups is 1. The second-order valence-corrected chi connectivity index (χ2v) is 5.45. The summed E-state index contributed by atoms with van der Waals surface area (Å²) in [5.41, 5.74) is 0.410. The monoisotopic (exact) mass is 268 g/mol. The van der Waals surface area contributed by atoms with Crippen LogP contribution in [-0.2, 0) is 11.3 Å². The Morgan fingerprint density at radius 3 is 3.06 bits per heavy atom. The van der Waals surface area contributed by atoms with Crippen LogP contribution in [0.5, 0.6) is 0 Å². The van der Waals surface area contributed by atoms with Crippen molar-refractivity contribution in [2.75, 3.05) is 11.5 Å². The Labute approximate surface area is 110 Å². The van der Waals surface area contributed by atoms with Gasteiger partial charge in [0.15, 0.2) is 0 Å². The van der Waals surface area contributed by atoms with Crippen molar-refractivity contribution in [1.82, 2.24) is 9.88 Å². The molecule has 2 heterocycles. The van der Waals surface area contributed by atoms with Crippen LogP contribution in [0.25, 0.3) is 0 Å². The third-order valence-electron chi connectivity index (χ3n) is 2.86. The molecule has 2 rings (SSSR count). The van der Waals surface area contributed by atoms with Crippen molar-refractivity contribution in [2.24, 2.45) is 0 Å². The predicted molar refractivity (Wildman–Crippen MR) is 69.9 cm³/mol. The maximum absolute atomic E-state index is 12.0. The molecule has 0 saturated carbocycles. The highest BCUT2D eigenvalue weighted by Gasteiger charge is 2.19. The van der Waals surface area contributed by atoms with Crippen LogP contribution in [0.2, 0.25) is 0 Å². The molecule has 1 aromatic rings. The molecule has 1 saturated heterocycles. The van der Waals surface area contributed by atoms with E-state index in [9.17, 15) is 9.59 Å². The molecule has 0 aliphatic carbocycles. The lowest BCUT2D eigenvalue weighted by Crippen LogP contribution is -2.39. The minimum Gasteiger partial charge on any atom is -0.480 e. The van der Waals surface area contributed by atoms with Crippen LogP contribution in [0.1, 0.15) is 23.3 Å². The first kappa shape index (κ1) is 13.0. The van der Waals surface area contributed by atoms with E-state index in [1.165, 1.54) is 4.57 Å². The molecule has 0 radical (unpaired) electrons. The summed E-state index contributed by atoms with van der Waals surface area (Å²) in [5, 5.41) is 11.7. The van der Waals surface area contributed by atoms with E-state index in [2.05, 4.69) is 5.32 Å². The Morgan fingerprint density at radius 2 is 2.39 bits per heavy atom. The van der Waals surface area contributed by atoms with Crippen LogP contribution in [-0.4, -0.2) is 39.1 Å². The van der Waals surface area contributed by atoms with E-state index in [-0.39, 0.29) is 18.5 Å². The summed E-state index contributed by atoms with van der Waals surface area (Å²) >= 11 is 1.84. The second kappa shape index (κ2) is 5.95. The molecule has 1 fully saturated rings. The van der Waals surface area contributed by atoms with Gasteiger partial charge in [0.1, 0.15) is 12.2 Å². The summed E-state index contributed by atoms with van der Waals surface area (Å²) in [6.45, 7) is -0.185. The number of nitrogens with one attached hydrogen (secondary N) is 1. The number of hydrogen-bond acceptors (Lipinski definition) is 3. The van der Waals surface area contributed by atoms with Gasteiger partial charge in [-0.3, -0.25) is 9.59 Å². The molecule has 1 aliphatic heterocycles. The minimum atomic E-state index is -0.950. The smallest absolute Gasteiger partial charge is 0.323 e. The van der Waals surface area contributed by atoms with Crippen LogP contribution < -0.4 is 5.32 Å². The SMILES string of the molecule is O=C(O)Cn1cccc1C(=O)NC1CCCSC1. The number of carboxylic acids is 1. The molecule has 1 aromatic heterocycles. The quantitative estimate of drug-likeness (QED) is 0.860. The molecule has 1 aliphatic rings. The molecule has 0 bridgehead atoms. The van der Waals surface area contributed by atoms with Crippen molar-refractivity contribution in [3.05, 3.63) is 24.0 Å². The zero-order valence-electron chi connectivity index (χ0n) is 9.96. The predicted octanol–water partition coefficient (Wildman–Crippen LogP) is 1.20. The van der Waals surface area contributed by atoms with Crippen molar-refractivity contribution < 1.29 is 14.7 Å². The zero-order chi connectivity index (χ0) is 13.0. The lowest BCUT2D eigenvalue weighted by Gasteiger charge is -2.22. The van der Waals surface area contributed by atoms with Gasteiger partial charge in [-0.05, 0) is 30.7 Å². The zero-order valence-corrected chi connectivity index (χ0v) is 10.8. The largest absolute Gasteiger partial charge is 0.480 e. The molecule has 1 amide bonds. The Balaban J connectivity index is 1.99. The van der Waals surface area contributed by atoms with E-state index in [4.69, 9.17) is 5.11 Å². The van der Waals surface area contributed by atoms with Gasteiger partial charge in [0.05, 0.1) is 0 Å². The summed E-state index contributed by atoms with van der Waals surface area (Å²) in [4.78, 5) is 22.7. The number of nitrogens with zero attached hydrogens (tertiary/aromatic N) is 1. The number of carboxylic acid groups (broad SMARTS) is 1. The average molecular weight is 268 g/mol. The fourth-order valence-electron chi connectivity index (χ4n) is 2.02. The van der Waals surface area contributed by atoms with Crippen molar-refractivity contribution in [2.45, 2.75) is 25.4 Å². The Hall–Kier alpha value is -1.43. The van der Waals surface area contributed by atoms with Crippen LogP contribution in [0.3, 0.4) is 0 Å². The summed E-state index contributed by atoms with van der Waals surface area (Å²) < 4.78 is 1.45. The van der Waals surface area contributed by atoms with Gasteiger partial charge >= 0.3 is 5.97 Å². The van der Waals surface area contributed by atoms with E-state index >= 15 is 0 Å². The molecule has 2 N–H and O–H groups in total. The summed E-state index contributed by atoms with van der Waals surface area (Å²) in [6, 6.07) is 3.53. The first-order valence-electron chi connectivity index (χ1n) is 5.92. The topological polar surface area (TPSA) is 71.3 Å². The maximum atomic E-state index is 12.0. The van der Waals surface area contributed by atoms with E-state index in [0.717, 1.165) is 24.3 Å². The molecule has 1 atom stereocenters. The van der Waals surface area contributed by atoms with Crippen molar-refractivity contribution >= 4 is 23.6 Å². The minimum absolute atomic E-state index is 0.185. The number of rotatable bonds is 4. The van der Waals surface area contributed by atoms with E-state index < -0.39 is 5.97 Å². The lowest BCUT2D eigenvalue weighted by atomic mass is 10.2. The van der Waals surface area contributed by atoms with Crippen LogP contribution in [0.15, 0.2) is 18.3 Å². The van der Waals surface area contributed by atoms with E-state index in [1.54, 1.807) is 18.3 Å². The summed E-state index contributed by atoms with van der Waals surface area (Å²) in [6.07, 6.45) is 3.72. The molecule has 0 aromatic carbocycles. The van der Waals surface area contributed by atoms with Gasteiger partial charge in [-0.25, -0.2) is 0 Å². The molecule has 6 heteroatoms. The fraction of sp³-hybridized carbons (Fsp3) is 0.500. The molecule has 1 unspecified atom stereocenters. The van der Waals surface area contributed by atoms with Gasteiger partial charge in [0, 0.05) is 18.0 Å². The van der Waals surface area contributed by atoms with Gasteiger partial charge < -0.3 is 15.0 Å². The average Bonchev–Trinajstić information content (AvgIpc) is 2.77. The molecule has 18 heavy (non-hydrogen) atoms. The van der Waals surface area contributed by atoms with Gasteiger partial charge in [0.25, 0.3) is 5.91 Å². The molecular formula is C12H16N2O3S. The lowest BCUT2D eigenvalue weighted by molar-refractivity contribution is -0.137. The normalized spacial score (nSPS) is 19.4. The molecule has 98 valence electrons. The molecular weight excluding hydrogens is 252 g/mol. The Morgan fingerprint density at radius 1 is 1.56 bits per heavy atom. The standard InChI is InChI=1S/C12H16N2O3S/c15-11(16)7-14-5-1-4-10(14)12(17)13-9-3-2-6-18-8-9/h1,4-5,9H,2-3,6-8H2,(H,13,17)(H,15,16). The summed E-state index contributed by atoms with van der Waals surface area (Å²) in [5.74, 6) is 0.954. The number of amides is 1. The third-order valence-corrected chi connectivity index (χ3v) is 4.08. The van der Waals surface area contributed by atoms with Crippen molar-refractivity contribution in [1.29, 1.82) is 0 Å². The van der Waals surface area contributed by atoms with Crippen molar-refractivity contribution in [3.63, 3.8) is 0 Å². The number of carbonyl (C=O) groups excluding carboxylic acids is 1. The Kier molecular flexibility index (Phi) is 4.30. The van der Waals surface area contributed by atoms with E-state index in [0.29, 0.717) is 5.69 Å².